The molecular formula is C21H25N7. The van der Waals surface area contributed by atoms with Gasteiger partial charge in [0.25, 0.3) is 0 Å². The van der Waals surface area contributed by atoms with Crippen LogP contribution >= 0.6 is 0 Å². The Morgan fingerprint density at radius 3 is 2.36 bits per heavy atom. The summed E-state index contributed by atoms with van der Waals surface area (Å²) in [5.41, 5.74) is 1.37. The van der Waals surface area contributed by atoms with Crippen molar-refractivity contribution >= 4 is 17.6 Å². The molecule has 1 aliphatic rings. The van der Waals surface area contributed by atoms with Crippen molar-refractivity contribution in [1.29, 1.82) is 0 Å². The molecular weight excluding hydrogens is 350 g/mol. The minimum Gasteiger partial charge on any atom is -0.370 e. The summed E-state index contributed by atoms with van der Waals surface area (Å²) in [6.45, 7) is 4.44. The Kier molecular flexibility index (Phi) is 5.92. The van der Waals surface area contributed by atoms with Crippen molar-refractivity contribution in [3.63, 3.8) is 0 Å². The molecule has 3 heterocycles. The van der Waals surface area contributed by atoms with Crippen molar-refractivity contribution < 1.29 is 0 Å². The Labute approximate surface area is 165 Å². The third kappa shape index (κ3) is 4.73. The zero-order chi connectivity index (χ0) is 19.0. The van der Waals surface area contributed by atoms with Gasteiger partial charge in [-0.2, -0.15) is 0 Å². The molecule has 1 aliphatic heterocycles. The average Bonchev–Trinajstić information content (AvgIpc) is 2.78. The maximum absolute atomic E-state index is 4.46. The number of piperazine rings is 1. The van der Waals surface area contributed by atoms with Gasteiger partial charge >= 0.3 is 0 Å². The van der Waals surface area contributed by atoms with Crippen LogP contribution in [0.3, 0.4) is 0 Å². The number of aryl methyl sites for hydroxylation is 1. The number of hydrogen-bond donors (Lipinski definition) is 1. The van der Waals surface area contributed by atoms with Crippen LogP contribution < -0.4 is 15.1 Å². The van der Waals surface area contributed by atoms with E-state index in [0.29, 0.717) is 0 Å². The summed E-state index contributed by atoms with van der Waals surface area (Å²) in [5.74, 6) is 2.65. The van der Waals surface area contributed by atoms with Gasteiger partial charge in [0.15, 0.2) is 0 Å². The molecule has 0 bridgehead atoms. The number of nitrogens with one attached hydrogen (secondary N) is 1. The molecule has 1 saturated heterocycles. The van der Waals surface area contributed by atoms with Gasteiger partial charge in [0.05, 0.1) is 0 Å². The standard InChI is InChI=1S/C21H25N7/c1-2-6-18(7-3-1)8-4-9-22-19-16-20(26-17-25-19)27-12-14-28(15-13-27)21-23-10-5-11-24-21/h1-3,5-7,10-11,16-17H,4,8-9,12-15H2,(H,22,25,26). The number of benzene rings is 1. The van der Waals surface area contributed by atoms with Crippen LogP contribution in [0.15, 0.2) is 61.2 Å². The van der Waals surface area contributed by atoms with Crippen molar-refractivity contribution in [2.45, 2.75) is 12.8 Å². The van der Waals surface area contributed by atoms with Gasteiger partial charge in [-0.3, -0.25) is 0 Å². The van der Waals surface area contributed by atoms with Crippen molar-refractivity contribution in [3.05, 3.63) is 66.7 Å². The van der Waals surface area contributed by atoms with Crippen LogP contribution in [0, 0.1) is 0 Å². The van der Waals surface area contributed by atoms with Gasteiger partial charge in [-0.1, -0.05) is 30.3 Å². The van der Waals surface area contributed by atoms with E-state index in [1.54, 1.807) is 18.7 Å². The lowest BCUT2D eigenvalue weighted by atomic mass is 10.1. The van der Waals surface area contributed by atoms with Crippen LogP contribution in [-0.2, 0) is 6.42 Å². The highest BCUT2D eigenvalue weighted by atomic mass is 15.3. The van der Waals surface area contributed by atoms with E-state index in [4.69, 9.17) is 0 Å². The summed E-state index contributed by atoms with van der Waals surface area (Å²) < 4.78 is 0. The smallest absolute Gasteiger partial charge is 0.225 e. The summed E-state index contributed by atoms with van der Waals surface area (Å²) >= 11 is 0. The van der Waals surface area contributed by atoms with E-state index in [0.717, 1.165) is 63.1 Å². The monoisotopic (exact) mass is 375 g/mol. The Balaban J connectivity index is 1.27. The molecule has 0 spiro atoms. The molecule has 7 heteroatoms. The molecule has 0 unspecified atom stereocenters. The topological polar surface area (TPSA) is 70.1 Å². The largest absolute Gasteiger partial charge is 0.370 e. The third-order valence-corrected chi connectivity index (χ3v) is 4.88. The van der Waals surface area contributed by atoms with Crippen molar-refractivity contribution in [1.82, 2.24) is 19.9 Å². The predicted octanol–water partition coefficient (Wildman–Crippen LogP) is 2.64. The number of rotatable bonds is 7. The lowest BCUT2D eigenvalue weighted by Gasteiger charge is -2.35. The molecule has 1 aromatic carbocycles. The minimum atomic E-state index is 0.797. The Morgan fingerprint density at radius 2 is 1.57 bits per heavy atom. The first-order chi connectivity index (χ1) is 13.9. The second-order valence-corrected chi connectivity index (χ2v) is 6.80. The summed E-state index contributed by atoms with van der Waals surface area (Å²) in [5, 5.41) is 3.42. The van der Waals surface area contributed by atoms with E-state index in [-0.39, 0.29) is 0 Å². The molecule has 144 valence electrons. The van der Waals surface area contributed by atoms with Crippen molar-refractivity contribution in [2.24, 2.45) is 0 Å². The van der Waals surface area contributed by atoms with E-state index in [9.17, 15) is 0 Å². The molecule has 28 heavy (non-hydrogen) atoms. The average molecular weight is 375 g/mol. The molecule has 0 atom stereocenters. The molecule has 4 rings (SSSR count). The molecule has 1 fully saturated rings. The second kappa shape index (κ2) is 9.12. The number of nitrogens with zero attached hydrogens (tertiary/aromatic N) is 6. The van der Waals surface area contributed by atoms with Gasteiger partial charge in [0, 0.05) is 51.2 Å². The van der Waals surface area contributed by atoms with Gasteiger partial charge in [0.2, 0.25) is 5.95 Å². The van der Waals surface area contributed by atoms with Gasteiger partial charge in [-0.05, 0) is 24.5 Å². The summed E-state index contributed by atoms with van der Waals surface area (Å²) in [4.78, 5) is 22.0. The molecule has 7 nitrogen and oxygen atoms in total. The Morgan fingerprint density at radius 1 is 0.821 bits per heavy atom. The van der Waals surface area contributed by atoms with Crippen molar-refractivity contribution in [2.75, 3.05) is 47.8 Å². The number of anilines is 3. The number of aromatic nitrogens is 4. The summed E-state index contributed by atoms with van der Waals surface area (Å²) in [7, 11) is 0. The SMILES string of the molecule is c1ccc(CCCNc2cc(N3CCN(c4ncccn4)CC3)ncn2)cc1. The molecule has 2 aromatic heterocycles. The third-order valence-electron chi connectivity index (χ3n) is 4.88. The van der Waals surface area contributed by atoms with Gasteiger partial charge in [-0.15, -0.1) is 0 Å². The highest BCUT2D eigenvalue weighted by Crippen LogP contribution is 2.18. The Hall–Kier alpha value is -3.22. The summed E-state index contributed by atoms with van der Waals surface area (Å²) in [6, 6.07) is 14.4. The van der Waals surface area contributed by atoms with Crippen LogP contribution in [-0.4, -0.2) is 52.7 Å². The van der Waals surface area contributed by atoms with Crippen LogP contribution in [0.2, 0.25) is 0 Å². The van der Waals surface area contributed by atoms with E-state index in [1.165, 1.54) is 5.56 Å². The zero-order valence-electron chi connectivity index (χ0n) is 15.9. The fourth-order valence-electron chi connectivity index (χ4n) is 3.36. The molecule has 0 radical (unpaired) electrons. The Bertz CT molecular complexity index is 849. The van der Waals surface area contributed by atoms with Gasteiger partial charge < -0.3 is 15.1 Å². The maximum atomic E-state index is 4.46. The fourth-order valence-corrected chi connectivity index (χ4v) is 3.36. The van der Waals surface area contributed by atoms with Crippen LogP contribution in [0.1, 0.15) is 12.0 Å². The lowest BCUT2D eigenvalue weighted by Crippen LogP contribution is -2.47. The van der Waals surface area contributed by atoms with E-state index in [1.807, 2.05) is 12.1 Å². The highest BCUT2D eigenvalue weighted by Gasteiger charge is 2.20. The van der Waals surface area contributed by atoms with Gasteiger partial charge in [0.1, 0.15) is 18.0 Å². The first-order valence-corrected chi connectivity index (χ1v) is 9.75. The fraction of sp³-hybridized carbons (Fsp3) is 0.333. The van der Waals surface area contributed by atoms with Crippen LogP contribution in [0.5, 0.6) is 0 Å². The lowest BCUT2D eigenvalue weighted by molar-refractivity contribution is 0.634. The highest BCUT2D eigenvalue weighted by molar-refractivity contribution is 5.49. The minimum absolute atomic E-state index is 0.797. The normalized spacial score (nSPS) is 14.1. The first kappa shape index (κ1) is 18.2. The number of hydrogen-bond acceptors (Lipinski definition) is 7. The first-order valence-electron chi connectivity index (χ1n) is 9.75. The van der Waals surface area contributed by atoms with Gasteiger partial charge in [-0.25, -0.2) is 19.9 Å². The molecule has 0 saturated carbocycles. The molecule has 0 aliphatic carbocycles. The van der Waals surface area contributed by atoms with Crippen molar-refractivity contribution in [3.8, 4) is 0 Å². The van der Waals surface area contributed by atoms with Crippen LogP contribution in [0.4, 0.5) is 17.6 Å². The quantitative estimate of drug-likeness (QED) is 0.637. The van der Waals surface area contributed by atoms with E-state index < -0.39 is 0 Å². The zero-order valence-corrected chi connectivity index (χ0v) is 15.9. The predicted molar refractivity (Wildman–Crippen MR) is 112 cm³/mol. The summed E-state index contributed by atoms with van der Waals surface area (Å²) in [6.07, 6.45) is 7.35. The molecule has 1 N–H and O–H groups in total. The van der Waals surface area contributed by atoms with Crippen LogP contribution in [0.25, 0.3) is 0 Å². The second-order valence-electron chi connectivity index (χ2n) is 6.80. The van der Waals surface area contributed by atoms with E-state index >= 15 is 0 Å². The molecule has 0 amide bonds. The maximum Gasteiger partial charge on any atom is 0.225 e. The molecule has 3 aromatic rings. The van der Waals surface area contributed by atoms with E-state index in [2.05, 4.69) is 65.4 Å².